The molecule has 52 valence electrons. The van der Waals surface area contributed by atoms with E-state index >= 15 is 0 Å². The van der Waals surface area contributed by atoms with Gasteiger partial charge in [-0.15, -0.1) is 0 Å². The molecule has 0 aliphatic heterocycles. The summed E-state index contributed by atoms with van der Waals surface area (Å²) < 4.78 is 0. The third-order valence-corrected chi connectivity index (χ3v) is 2.54. The van der Waals surface area contributed by atoms with Crippen molar-refractivity contribution >= 4 is 7.92 Å². The zero-order valence-corrected chi connectivity index (χ0v) is 6.24. The predicted octanol–water partition coefficient (Wildman–Crippen LogP) is -0.439. The van der Waals surface area contributed by atoms with E-state index in [2.05, 4.69) is 0 Å². The Morgan fingerprint density at radius 1 is 1.25 bits per heavy atom. The van der Waals surface area contributed by atoms with Crippen LogP contribution >= 0.6 is 7.92 Å². The molecule has 4 heteroatoms. The van der Waals surface area contributed by atoms with E-state index in [0.29, 0.717) is 0 Å². The van der Waals surface area contributed by atoms with E-state index in [1.165, 1.54) is 6.92 Å². The van der Waals surface area contributed by atoms with E-state index in [9.17, 15) is 0 Å². The van der Waals surface area contributed by atoms with Gasteiger partial charge in [-0.1, -0.05) is 0 Å². The molecular weight excluding hydrogens is 127 g/mol. The lowest BCUT2D eigenvalue weighted by atomic mass is 10.8. The van der Waals surface area contributed by atoms with Crippen molar-refractivity contribution in [2.75, 3.05) is 13.3 Å². The van der Waals surface area contributed by atoms with Crippen molar-refractivity contribution in [2.45, 2.75) is 12.5 Å². The molecule has 0 radical (unpaired) electrons. The van der Waals surface area contributed by atoms with Crippen molar-refractivity contribution < 1.29 is 15.7 Å². The van der Waals surface area contributed by atoms with Crippen molar-refractivity contribution in [3.63, 3.8) is 0 Å². The summed E-state index contributed by atoms with van der Waals surface area (Å²) in [6.45, 7) is 5.03. The lowest BCUT2D eigenvalue weighted by Crippen LogP contribution is -2.18. The fraction of sp³-hybridized carbons (Fsp3) is 1.00. The van der Waals surface area contributed by atoms with Crippen LogP contribution < -0.4 is 0 Å². The Hall–Kier alpha value is 0.310. The van der Waals surface area contributed by atoms with E-state index in [-0.39, 0.29) is 5.48 Å². The monoisotopic (exact) mass is 140 g/mol. The third-order valence-electron chi connectivity index (χ3n) is 0.847. The van der Waals surface area contributed by atoms with Gasteiger partial charge in [-0.05, 0) is 28.2 Å². The molecule has 0 amide bonds. The van der Waals surface area contributed by atoms with Crippen molar-refractivity contribution in [2.24, 2.45) is 0 Å². The van der Waals surface area contributed by atoms with Crippen molar-refractivity contribution in [1.29, 1.82) is 0 Å². The molecule has 0 saturated carbocycles. The average Bonchev–Trinajstić information content (AvgIpc) is 1.31. The molecule has 0 fully saturated rings. The number of hydrogen-bond acceptors (Lipinski definition) is 2. The molecule has 0 atom stereocenters. The summed E-state index contributed by atoms with van der Waals surface area (Å²) in [5.74, 6) is 0. The minimum atomic E-state index is -1.44. The lowest BCUT2D eigenvalue weighted by Gasteiger charge is -2.19. The van der Waals surface area contributed by atoms with E-state index in [1.807, 2.05) is 13.3 Å². The van der Waals surface area contributed by atoms with Crippen LogP contribution in [0, 0.1) is 0 Å². The maximum Gasteiger partial charge on any atom is 0.177 e. The van der Waals surface area contributed by atoms with Crippen molar-refractivity contribution in [3.05, 3.63) is 0 Å². The molecule has 0 aliphatic carbocycles. The molecular formula is C4H13O3P. The van der Waals surface area contributed by atoms with E-state index < -0.39 is 13.4 Å². The SMILES string of the molecule is CP(C)C(C)(O)O.O. The smallest absolute Gasteiger partial charge is 0.177 e. The maximum atomic E-state index is 8.68. The standard InChI is InChI=1S/C4H11O2P.H2O/c1-4(5,6)7(2)3;/h5-6H,1-3H3;1H2. The highest BCUT2D eigenvalue weighted by Gasteiger charge is 2.18. The molecule has 0 aromatic rings. The van der Waals surface area contributed by atoms with Gasteiger partial charge in [0.2, 0.25) is 0 Å². The lowest BCUT2D eigenvalue weighted by molar-refractivity contribution is -0.0645. The Morgan fingerprint density at radius 2 is 1.38 bits per heavy atom. The Labute approximate surface area is 50.4 Å². The highest BCUT2D eigenvalue weighted by Crippen LogP contribution is 2.37. The average molecular weight is 140 g/mol. The van der Waals surface area contributed by atoms with Gasteiger partial charge >= 0.3 is 0 Å². The second-order valence-electron chi connectivity index (χ2n) is 1.87. The summed E-state index contributed by atoms with van der Waals surface area (Å²) in [4.78, 5) is 0. The summed E-state index contributed by atoms with van der Waals surface area (Å²) in [5, 5.41) is 17.4. The second kappa shape index (κ2) is 3.36. The van der Waals surface area contributed by atoms with E-state index in [4.69, 9.17) is 10.2 Å². The van der Waals surface area contributed by atoms with Gasteiger partial charge in [-0.2, -0.15) is 0 Å². The summed E-state index contributed by atoms with van der Waals surface area (Å²) in [6, 6.07) is 0. The maximum absolute atomic E-state index is 8.68. The third kappa shape index (κ3) is 4.47. The van der Waals surface area contributed by atoms with E-state index in [0.717, 1.165) is 0 Å². The van der Waals surface area contributed by atoms with Crippen LogP contribution in [0.3, 0.4) is 0 Å². The second-order valence-corrected chi connectivity index (χ2v) is 4.50. The molecule has 0 unspecified atom stereocenters. The largest absolute Gasteiger partial charge is 0.412 e. The van der Waals surface area contributed by atoms with Crippen LogP contribution in [-0.4, -0.2) is 34.5 Å². The minimum absolute atomic E-state index is 0. The quantitative estimate of drug-likeness (QED) is 0.383. The van der Waals surface area contributed by atoms with Gasteiger partial charge in [0.1, 0.15) is 0 Å². The van der Waals surface area contributed by atoms with Crippen molar-refractivity contribution in [1.82, 2.24) is 0 Å². The highest BCUT2D eigenvalue weighted by atomic mass is 31.1. The first-order valence-corrected chi connectivity index (χ1v) is 4.30. The summed E-state index contributed by atoms with van der Waals surface area (Å²) >= 11 is 0. The van der Waals surface area contributed by atoms with Crippen LogP contribution in [0.5, 0.6) is 0 Å². The Balaban J connectivity index is 0. The van der Waals surface area contributed by atoms with Crippen LogP contribution in [0.1, 0.15) is 6.92 Å². The highest BCUT2D eigenvalue weighted by molar-refractivity contribution is 7.57. The number of hydrogen-bond donors (Lipinski definition) is 2. The molecule has 0 spiro atoms. The fourth-order valence-electron chi connectivity index (χ4n) is 0. The van der Waals surface area contributed by atoms with Crippen molar-refractivity contribution in [3.8, 4) is 0 Å². The molecule has 0 saturated heterocycles. The molecule has 8 heavy (non-hydrogen) atoms. The van der Waals surface area contributed by atoms with Gasteiger partial charge in [0, 0.05) is 0 Å². The van der Waals surface area contributed by atoms with Gasteiger partial charge in [0.15, 0.2) is 5.53 Å². The first-order chi connectivity index (χ1) is 2.94. The minimum Gasteiger partial charge on any atom is -0.412 e. The Bertz CT molecular complexity index is 56.8. The van der Waals surface area contributed by atoms with Crippen LogP contribution in [0.4, 0.5) is 0 Å². The molecule has 0 aromatic carbocycles. The molecule has 0 aromatic heterocycles. The van der Waals surface area contributed by atoms with Gasteiger partial charge in [0.25, 0.3) is 0 Å². The predicted molar refractivity (Wildman–Crippen MR) is 35.2 cm³/mol. The normalized spacial score (nSPS) is 11.2. The van der Waals surface area contributed by atoms with Crippen LogP contribution in [-0.2, 0) is 0 Å². The molecule has 4 N–H and O–H groups in total. The molecule has 0 aliphatic rings. The Kier molecular flexibility index (Phi) is 4.68. The summed E-state index contributed by atoms with van der Waals surface area (Å²) in [7, 11) is -0.630. The summed E-state index contributed by atoms with van der Waals surface area (Å²) in [5.41, 5.74) is -1.44. The Morgan fingerprint density at radius 3 is 1.38 bits per heavy atom. The van der Waals surface area contributed by atoms with Crippen LogP contribution in [0.15, 0.2) is 0 Å². The zero-order chi connectivity index (χ0) is 6.08. The first-order valence-electron chi connectivity index (χ1n) is 2.07. The van der Waals surface area contributed by atoms with Crippen LogP contribution in [0.25, 0.3) is 0 Å². The van der Waals surface area contributed by atoms with E-state index in [1.54, 1.807) is 0 Å². The molecule has 0 heterocycles. The van der Waals surface area contributed by atoms with Gasteiger partial charge in [-0.3, -0.25) is 0 Å². The topological polar surface area (TPSA) is 72.0 Å². The fourth-order valence-corrected chi connectivity index (χ4v) is 0. The molecule has 3 nitrogen and oxygen atoms in total. The van der Waals surface area contributed by atoms with Crippen LogP contribution in [0.2, 0.25) is 0 Å². The number of aliphatic hydroxyl groups is 2. The van der Waals surface area contributed by atoms with Gasteiger partial charge < -0.3 is 15.7 Å². The first kappa shape index (κ1) is 11.2. The molecule has 0 rings (SSSR count). The van der Waals surface area contributed by atoms with Gasteiger partial charge in [-0.25, -0.2) is 0 Å². The summed E-state index contributed by atoms with van der Waals surface area (Å²) in [6.07, 6.45) is 0. The van der Waals surface area contributed by atoms with Gasteiger partial charge in [0.05, 0.1) is 0 Å². The number of rotatable bonds is 1. The zero-order valence-electron chi connectivity index (χ0n) is 5.34. The molecule has 0 bridgehead atoms.